The number of nitrogens with zero attached hydrogens (tertiary/aromatic N) is 3. The first-order valence-electron chi connectivity index (χ1n) is 11.9. The Bertz CT molecular complexity index is 1370. The van der Waals surface area contributed by atoms with Gasteiger partial charge < -0.3 is 4.90 Å². The van der Waals surface area contributed by atoms with Gasteiger partial charge in [0.15, 0.2) is 0 Å². The molecule has 5 heteroatoms. The summed E-state index contributed by atoms with van der Waals surface area (Å²) in [6.07, 6.45) is 1.44. The molecule has 1 aromatic heterocycles. The summed E-state index contributed by atoms with van der Waals surface area (Å²) in [5.41, 5.74) is 4.08. The molecular weight excluding hydrogens is 422 g/mol. The van der Waals surface area contributed by atoms with E-state index in [0.29, 0.717) is 35.3 Å². The predicted octanol–water partition coefficient (Wildman–Crippen LogP) is 6.01. The van der Waals surface area contributed by atoms with Gasteiger partial charge >= 0.3 is 0 Å². The second kappa shape index (κ2) is 10.0. The zero-order valence-corrected chi connectivity index (χ0v) is 20.3. The Morgan fingerprint density at radius 3 is 2.35 bits per heavy atom. The van der Waals surface area contributed by atoms with Crippen LogP contribution in [0, 0.1) is 13.8 Å². The van der Waals surface area contributed by atoms with E-state index in [1.165, 1.54) is 0 Å². The monoisotopic (exact) mass is 453 g/mol. The molecule has 34 heavy (non-hydrogen) atoms. The van der Waals surface area contributed by atoms with Gasteiger partial charge in [-0.05, 0) is 68.7 Å². The molecule has 1 atom stereocenters. The van der Waals surface area contributed by atoms with Crippen molar-refractivity contribution in [2.45, 2.75) is 46.6 Å². The lowest BCUT2D eigenvalue weighted by atomic mass is 10.1. The smallest absolute Gasteiger partial charge is 0.266 e. The molecule has 0 N–H and O–H groups in total. The van der Waals surface area contributed by atoms with Crippen LogP contribution in [0.5, 0.6) is 0 Å². The molecule has 4 aromatic rings. The van der Waals surface area contributed by atoms with Gasteiger partial charge in [-0.1, -0.05) is 55.8 Å². The van der Waals surface area contributed by atoms with Gasteiger partial charge in [-0.2, -0.15) is 0 Å². The first-order valence-corrected chi connectivity index (χ1v) is 11.9. The summed E-state index contributed by atoms with van der Waals surface area (Å²) < 4.78 is 1.69. The average Bonchev–Trinajstić information content (AvgIpc) is 2.84. The summed E-state index contributed by atoms with van der Waals surface area (Å²) in [6.45, 7) is 8.68. The molecule has 0 aliphatic carbocycles. The van der Waals surface area contributed by atoms with Gasteiger partial charge in [0.05, 0.1) is 22.6 Å². The summed E-state index contributed by atoms with van der Waals surface area (Å²) >= 11 is 0. The third kappa shape index (κ3) is 4.51. The normalized spacial score (nSPS) is 12.0. The van der Waals surface area contributed by atoms with E-state index in [1.54, 1.807) is 4.57 Å². The summed E-state index contributed by atoms with van der Waals surface area (Å²) in [5.74, 6) is 0.539. The summed E-state index contributed by atoms with van der Waals surface area (Å²) in [7, 11) is 0. The average molecular weight is 454 g/mol. The highest BCUT2D eigenvalue weighted by Gasteiger charge is 2.29. The Labute approximate surface area is 200 Å². The number of benzene rings is 3. The molecule has 174 valence electrons. The number of rotatable bonds is 7. The summed E-state index contributed by atoms with van der Waals surface area (Å²) in [5, 5.41) is 0.564. The Hall–Kier alpha value is -3.73. The lowest BCUT2D eigenvalue weighted by molar-refractivity contribution is 0.0659. The van der Waals surface area contributed by atoms with Crippen LogP contribution in [0.2, 0.25) is 0 Å². The highest BCUT2D eigenvalue weighted by molar-refractivity contribution is 5.94. The van der Waals surface area contributed by atoms with E-state index in [0.717, 1.165) is 23.2 Å². The van der Waals surface area contributed by atoms with Gasteiger partial charge in [-0.25, -0.2) is 4.98 Å². The SMILES string of the molecule is CCCN(C(=O)c1ccc(C)cc1)C(CC)c1nc2ccccc2c(=O)n1-c1cccc(C)c1. The maximum Gasteiger partial charge on any atom is 0.266 e. The molecule has 0 saturated heterocycles. The molecule has 4 rings (SSSR count). The molecule has 0 bridgehead atoms. The van der Waals surface area contributed by atoms with Crippen LogP contribution in [-0.4, -0.2) is 26.9 Å². The fraction of sp³-hybridized carbons (Fsp3) is 0.276. The largest absolute Gasteiger partial charge is 0.328 e. The number of aryl methyl sites for hydroxylation is 2. The lowest BCUT2D eigenvalue weighted by Crippen LogP contribution is -2.39. The number of carbonyl (C=O) groups is 1. The van der Waals surface area contributed by atoms with Gasteiger partial charge in [0.1, 0.15) is 5.82 Å². The van der Waals surface area contributed by atoms with E-state index in [4.69, 9.17) is 4.98 Å². The second-order valence-corrected chi connectivity index (χ2v) is 8.76. The zero-order valence-electron chi connectivity index (χ0n) is 20.3. The minimum atomic E-state index is -0.355. The molecule has 1 unspecified atom stereocenters. The molecule has 0 saturated carbocycles. The molecule has 1 heterocycles. The van der Waals surface area contributed by atoms with Crippen LogP contribution in [0.3, 0.4) is 0 Å². The molecule has 0 aliphatic rings. The number of hydrogen-bond acceptors (Lipinski definition) is 3. The lowest BCUT2D eigenvalue weighted by Gasteiger charge is -2.32. The van der Waals surface area contributed by atoms with Crippen molar-refractivity contribution in [1.82, 2.24) is 14.5 Å². The number of fused-ring (bicyclic) bond motifs is 1. The Balaban J connectivity index is 1.94. The summed E-state index contributed by atoms with van der Waals surface area (Å²) in [4.78, 5) is 34.3. The van der Waals surface area contributed by atoms with E-state index >= 15 is 0 Å². The van der Waals surface area contributed by atoms with E-state index in [2.05, 4.69) is 6.92 Å². The van der Waals surface area contributed by atoms with Crippen molar-refractivity contribution >= 4 is 16.8 Å². The van der Waals surface area contributed by atoms with Crippen LogP contribution < -0.4 is 5.56 Å². The van der Waals surface area contributed by atoms with Crippen LogP contribution in [0.1, 0.15) is 60.0 Å². The Kier molecular flexibility index (Phi) is 6.92. The molecule has 0 radical (unpaired) electrons. The number of amides is 1. The fourth-order valence-electron chi connectivity index (χ4n) is 4.43. The highest BCUT2D eigenvalue weighted by atomic mass is 16.2. The Morgan fingerprint density at radius 1 is 0.941 bits per heavy atom. The van der Waals surface area contributed by atoms with Gasteiger partial charge in [-0.3, -0.25) is 14.2 Å². The number of carbonyl (C=O) groups excluding carboxylic acids is 1. The van der Waals surface area contributed by atoms with Crippen molar-refractivity contribution in [2.24, 2.45) is 0 Å². The predicted molar refractivity (Wildman–Crippen MR) is 138 cm³/mol. The van der Waals surface area contributed by atoms with Crippen molar-refractivity contribution in [3.63, 3.8) is 0 Å². The zero-order chi connectivity index (χ0) is 24.2. The second-order valence-electron chi connectivity index (χ2n) is 8.76. The molecule has 3 aromatic carbocycles. The van der Waals surface area contributed by atoms with E-state index < -0.39 is 0 Å². The van der Waals surface area contributed by atoms with Crippen LogP contribution in [0.25, 0.3) is 16.6 Å². The van der Waals surface area contributed by atoms with Crippen molar-refractivity contribution in [1.29, 1.82) is 0 Å². The third-order valence-electron chi connectivity index (χ3n) is 6.15. The standard InChI is InChI=1S/C29H31N3O2/c1-5-18-31(28(33)22-16-14-20(3)15-17-22)26(6-2)27-30-25-13-8-7-12-24(25)29(34)32(27)23-11-9-10-21(4)19-23/h7-17,19,26H,5-6,18H2,1-4H3. The minimum Gasteiger partial charge on any atom is -0.328 e. The van der Waals surface area contributed by atoms with E-state index in [-0.39, 0.29) is 17.5 Å². The van der Waals surface area contributed by atoms with Gasteiger partial charge in [0.2, 0.25) is 0 Å². The molecule has 1 amide bonds. The van der Waals surface area contributed by atoms with Crippen LogP contribution in [0.4, 0.5) is 0 Å². The van der Waals surface area contributed by atoms with Gasteiger partial charge in [0.25, 0.3) is 11.5 Å². The fourth-order valence-corrected chi connectivity index (χ4v) is 4.43. The highest BCUT2D eigenvalue weighted by Crippen LogP contribution is 2.28. The molecule has 0 spiro atoms. The molecule has 0 fully saturated rings. The number of para-hydroxylation sites is 1. The minimum absolute atomic E-state index is 0.0492. The number of aromatic nitrogens is 2. The molecular formula is C29H31N3O2. The van der Waals surface area contributed by atoms with Gasteiger partial charge in [-0.15, -0.1) is 0 Å². The van der Waals surface area contributed by atoms with Crippen LogP contribution in [-0.2, 0) is 0 Å². The first kappa shape index (κ1) is 23.4. The van der Waals surface area contributed by atoms with Crippen LogP contribution >= 0.6 is 0 Å². The quantitative estimate of drug-likeness (QED) is 0.344. The first-order chi connectivity index (χ1) is 16.4. The van der Waals surface area contributed by atoms with Crippen molar-refractivity contribution in [2.75, 3.05) is 6.54 Å². The maximum atomic E-state index is 13.8. The molecule has 5 nitrogen and oxygen atoms in total. The maximum absolute atomic E-state index is 13.8. The van der Waals surface area contributed by atoms with Crippen molar-refractivity contribution < 1.29 is 4.79 Å². The van der Waals surface area contributed by atoms with E-state index in [1.807, 2.05) is 98.5 Å². The Morgan fingerprint density at radius 2 is 1.68 bits per heavy atom. The van der Waals surface area contributed by atoms with E-state index in [9.17, 15) is 9.59 Å². The van der Waals surface area contributed by atoms with Crippen molar-refractivity contribution in [3.8, 4) is 5.69 Å². The van der Waals surface area contributed by atoms with Crippen molar-refractivity contribution in [3.05, 3.63) is 106 Å². The summed E-state index contributed by atoms with van der Waals surface area (Å²) in [6, 6.07) is 22.6. The topological polar surface area (TPSA) is 55.2 Å². The molecule has 0 aliphatic heterocycles. The van der Waals surface area contributed by atoms with Gasteiger partial charge in [0, 0.05) is 12.1 Å². The third-order valence-corrected chi connectivity index (χ3v) is 6.15. The number of hydrogen-bond donors (Lipinski definition) is 0. The van der Waals surface area contributed by atoms with Crippen LogP contribution in [0.15, 0.2) is 77.6 Å².